The van der Waals surface area contributed by atoms with E-state index in [1.54, 1.807) is 11.3 Å². The van der Waals surface area contributed by atoms with Crippen LogP contribution in [-0.2, 0) is 0 Å². The predicted molar refractivity (Wildman–Crippen MR) is 233 cm³/mol. The molecule has 11 aromatic rings. The molecule has 0 N–H and O–H groups in total. The Balaban J connectivity index is 1.09. The molecule has 58 heavy (non-hydrogen) atoms. The fraction of sp³-hybridized carbons (Fsp3) is 0. The molecule has 0 atom stereocenters. The van der Waals surface area contributed by atoms with Crippen molar-refractivity contribution in [3.8, 4) is 74.0 Å². The Kier molecular flexibility index (Phi) is 7.91. The van der Waals surface area contributed by atoms with Crippen LogP contribution in [0.1, 0.15) is 5.56 Å². The lowest BCUT2D eigenvalue weighted by Gasteiger charge is -2.10. The molecule has 7 aromatic carbocycles. The first-order valence-corrected chi connectivity index (χ1v) is 19.6. The molecular weight excluding hydrogens is 733 g/mol. The molecule has 4 heterocycles. The maximum Gasteiger partial charge on any atom is 0.164 e. The first-order chi connectivity index (χ1) is 28.7. The summed E-state index contributed by atoms with van der Waals surface area (Å²) in [6, 6.07) is 58.6. The summed E-state index contributed by atoms with van der Waals surface area (Å²) in [5.41, 5.74) is 10.00. The second-order valence-corrected chi connectivity index (χ2v) is 15.0. The maximum absolute atomic E-state index is 9.72. The molecule has 0 unspecified atom stereocenters. The average Bonchev–Trinajstić information content (AvgIpc) is 3.88. The third-order valence-corrected chi connectivity index (χ3v) is 11.6. The van der Waals surface area contributed by atoms with Gasteiger partial charge in [-0.15, -0.1) is 11.3 Å². The second kappa shape index (κ2) is 13.7. The zero-order valence-electron chi connectivity index (χ0n) is 30.7. The Morgan fingerprint density at radius 2 is 1.03 bits per heavy atom. The molecule has 11 rings (SSSR count). The number of hydrogen-bond acceptors (Lipinski definition) is 8. The number of nitrogens with zero attached hydrogens (tertiary/aromatic N) is 6. The highest BCUT2D eigenvalue weighted by Crippen LogP contribution is 2.43. The third-order valence-electron chi connectivity index (χ3n) is 10.4. The van der Waals surface area contributed by atoms with Gasteiger partial charge in [0.25, 0.3) is 0 Å². The van der Waals surface area contributed by atoms with Crippen LogP contribution in [0.4, 0.5) is 0 Å². The highest BCUT2D eigenvalue weighted by atomic mass is 32.1. The topological polar surface area (TPSA) is 101 Å². The van der Waals surface area contributed by atoms with Crippen molar-refractivity contribution in [3.63, 3.8) is 0 Å². The van der Waals surface area contributed by atoms with Crippen LogP contribution in [0.2, 0.25) is 0 Å². The molecule has 0 bridgehead atoms. The van der Waals surface area contributed by atoms with E-state index in [4.69, 9.17) is 29.3 Å². The molecule has 7 nitrogen and oxygen atoms in total. The predicted octanol–water partition coefficient (Wildman–Crippen LogP) is 12.8. The summed E-state index contributed by atoms with van der Waals surface area (Å²) in [7, 11) is 0. The Hall–Kier alpha value is -7.86. The Morgan fingerprint density at radius 1 is 0.448 bits per heavy atom. The largest absolute Gasteiger partial charge is 0.455 e. The van der Waals surface area contributed by atoms with Crippen LogP contribution >= 0.6 is 11.3 Å². The van der Waals surface area contributed by atoms with Crippen molar-refractivity contribution < 1.29 is 4.42 Å². The van der Waals surface area contributed by atoms with Crippen molar-refractivity contribution in [2.75, 3.05) is 0 Å². The number of nitriles is 1. The van der Waals surface area contributed by atoms with Crippen LogP contribution in [0, 0.1) is 11.3 Å². The third kappa shape index (κ3) is 5.61. The summed E-state index contributed by atoms with van der Waals surface area (Å²) in [6.45, 7) is 0. The van der Waals surface area contributed by atoms with Crippen LogP contribution in [0.3, 0.4) is 0 Å². The van der Waals surface area contributed by atoms with Crippen LogP contribution in [0.15, 0.2) is 174 Å². The Morgan fingerprint density at radius 3 is 1.83 bits per heavy atom. The second-order valence-electron chi connectivity index (χ2n) is 13.9. The lowest BCUT2D eigenvalue weighted by Crippen LogP contribution is -2.00. The molecule has 0 fully saturated rings. The fourth-order valence-corrected chi connectivity index (χ4v) is 8.84. The fourth-order valence-electron chi connectivity index (χ4n) is 7.69. The zero-order valence-corrected chi connectivity index (χ0v) is 31.5. The molecular formula is C50H28N6OS. The Bertz CT molecular complexity index is 3410. The van der Waals surface area contributed by atoms with Gasteiger partial charge in [-0.2, -0.15) is 5.26 Å². The molecule has 0 aliphatic heterocycles. The minimum Gasteiger partial charge on any atom is -0.455 e. The smallest absolute Gasteiger partial charge is 0.164 e. The van der Waals surface area contributed by atoms with E-state index in [1.807, 2.05) is 127 Å². The minimum atomic E-state index is 0.523. The van der Waals surface area contributed by atoms with Crippen molar-refractivity contribution in [2.45, 2.75) is 0 Å². The van der Waals surface area contributed by atoms with Gasteiger partial charge in [-0.25, -0.2) is 24.9 Å². The molecule has 0 aliphatic carbocycles. The zero-order chi connectivity index (χ0) is 38.6. The number of fused-ring (bicyclic) bond motifs is 6. The monoisotopic (exact) mass is 760 g/mol. The van der Waals surface area contributed by atoms with E-state index in [2.05, 4.69) is 48.5 Å². The number of benzene rings is 7. The van der Waals surface area contributed by atoms with Gasteiger partial charge >= 0.3 is 0 Å². The lowest BCUT2D eigenvalue weighted by atomic mass is 9.99. The standard InChI is InChI=1S/C50H28N6OS/c51-29-34-17-7-8-18-35(34)30-25-27-33(28-26-30)48-54-47(32-15-5-2-6-16-32)55-49(56-48)38-21-12-23-40-42(38)37-20-11-22-39(45(37)57-40)50-52-43(31-13-3-1-4-14-31)46-44(53-50)36-19-9-10-24-41(36)58-46/h1-28H. The number of thiophene rings is 1. The van der Waals surface area contributed by atoms with Gasteiger partial charge in [-0.05, 0) is 35.4 Å². The van der Waals surface area contributed by atoms with Gasteiger partial charge in [0.15, 0.2) is 23.3 Å². The highest BCUT2D eigenvalue weighted by molar-refractivity contribution is 7.26. The molecule has 0 aliphatic rings. The first-order valence-electron chi connectivity index (χ1n) is 18.8. The van der Waals surface area contributed by atoms with Crippen molar-refractivity contribution in [2.24, 2.45) is 0 Å². The maximum atomic E-state index is 9.72. The van der Waals surface area contributed by atoms with Gasteiger partial charge in [0.05, 0.1) is 33.1 Å². The summed E-state index contributed by atoms with van der Waals surface area (Å²) in [5.74, 6) is 2.21. The van der Waals surface area contributed by atoms with E-state index in [-0.39, 0.29) is 0 Å². The van der Waals surface area contributed by atoms with Crippen LogP contribution in [0.25, 0.3) is 110 Å². The van der Waals surface area contributed by atoms with Crippen LogP contribution in [0.5, 0.6) is 0 Å². The van der Waals surface area contributed by atoms with E-state index in [0.717, 1.165) is 71.0 Å². The summed E-state index contributed by atoms with van der Waals surface area (Å²) in [4.78, 5) is 25.7. The van der Waals surface area contributed by atoms with E-state index in [9.17, 15) is 5.26 Å². The van der Waals surface area contributed by atoms with Gasteiger partial charge < -0.3 is 4.42 Å². The van der Waals surface area contributed by atoms with Gasteiger partial charge in [0.1, 0.15) is 11.2 Å². The first kappa shape index (κ1) is 33.5. The molecule has 270 valence electrons. The normalized spacial score (nSPS) is 11.4. The van der Waals surface area contributed by atoms with E-state index in [0.29, 0.717) is 40.0 Å². The molecule has 0 radical (unpaired) electrons. The number of hydrogen-bond donors (Lipinski definition) is 0. The van der Waals surface area contributed by atoms with Gasteiger partial charge in [-0.1, -0.05) is 146 Å². The molecule has 0 spiro atoms. The van der Waals surface area contributed by atoms with Crippen LogP contribution in [-0.4, -0.2) is 24.9 Å². The van der Waals surface area contributed by atoms with E-state index < -0.39 is 0 Å². The Labute approximate surface area is 336 Å². The van der Waals surface area contributed by atoms with Gasteiger partial charge in [-0.3, -0.25) is 0 Å². The van der Waals surface area contributed by atoms with Crippen molar-refractivity contribution in [1.29, 1.82) is 5.26 Å². The SMILES string of the molecule is N#Cc1ccccc1-c1ccc(-c2nc(-c3ccccc3)nc(-c3cccc4oc5c(-c6nc(-c7ccccc7)c7sc8ccccc8c7n6)cccc5c34)n2)cc1. The average molecular weight is 761 g/mol. The van der Waals surface area contributed by atoms with Crippen molar-refractivity contribution in [1.82, 2.24) is 24.9 Å². The number of para-hydroxylation sites is 1. The number of furan rings is 1. The summed E-state index contributed by atoms with van der Waals surface area (Å²) in [5, 5.41) is 12.6. The van der Waals surface area contributed by atoms with Crippen LogP contribution < -0.4 is 0 Å². The molecule has 0 saturated carbocycles. The number of rotatable bonds is 6. The molecule has 4 aromatic heterocycles. The molecule has 8 heteroatoms. The van der Waals surface area contributed by atoms with Crippen molar-refractivity contribution in [3.05, 3.63) is 175 Å². The summed E-state index contributed by atoms with van der Waals surface area (Å²) in [6.07, 6.45) is 0. The lowest BCUT2D eigenvalue weighted by molar-refractivity contribution is 0.669. The van der Waals surface area contributed by atoms with E-state index in [1.165, 1.54) is 4.70 Å². The van der Waals surface area contributed by atoms with Gasteiger partial charge in [0, 0.05) is 43.1 Å². The van der Waals surface area contributed by atoms with Gasteiger partial charge in [0.2, 0.25) is 0 Å². The van der Waals surface area contributed by atoms with E-state index >= 15 is 0 Å². The van der Waals surface area contributed by atoms with Crippen molar-refractivity contribution >= 4 is 53.6 Å². The quantitative estimate of drug-likeness (QED) is 0.166. The molecule has 0 amide bonds. The number of aromatic nitrogens is 5. The minimum absolute atomic E-state index is 0.523. The summed E-state index contributed by atoms with van der Waals surface area (Å²) >= 11 is 1.71. The molecule has 0 saturated heterocycles. The summed E-state index contributed by atoms with van der Waals surface area (Å²) < 4.78 is 8.98. The highest BCUT2D eigenvalue weighted by Gasteiger charge is 2.22.